The number of anilines is 1. The zero-order valence-electron chi connectivity index (χ0n) is 6.29. The molecule has 0 aromatic heterocycles. The van der Waals surface area contributed by atoms with Gasteiger partial charge in [-0.2, -0.15) is 0 Å². The lowest BCUT2D eigenvalue weighted by molar-refractivity contribution is -0.115. The molecule has 0 aliphatic carbocycles. The monoisotopic (exact) mass is 158 g/mol. The smallest absolute Gasteiger partial charge is 0.228 e. The van der Waals surface area contributed by atoms with Gasteiger partial charge in [0.25, 0.3) is 0 Å². The van der Waals surface area contributed by atoms with Gasteiger partial charge in [0.2, 0.25) is 5.91 Å². The minimum atomic E-state index is 0.00660. The van der Waals surface area contributed by atoms with E-state index >= 15 is 0 Å². The summed E-state index contributed by atoms with van der Waals surface area (Å²) in [7, 11) is 0. The molecule has 0 bridgehead atoms. The van der Waals surface area contributed by atoms with Crippen LogP contribution in [0, 0.1) is 6.57 Å². The summed E-state index contributed by atoms with van der Waals surface area (Å²) in [6, 6.07) is 5.23. The normalized spacial score (nSPS) is 13.4. The van der Waals surface area contributed by atoms with E-state index in [0.29, 0.717) is 12.1 Å². The molecule has 1 heterocycles. The van der Waals surface area contributed by atoms with E-state index in [1.807, 2.05) is 0 Å². The highest BCUT2D eigenvalue weighted by molar-refractivity contribution is 5.99. The topological polar surface area (TPSA) is 33.5 Å². The fourth-order valence-electron chi connectivity index (χ4n) is 1.29. The number of benzene rings is 1. The van der Waals surface area contributed by atoms with Crippen LogP contribution < -0.4 is 5.32 Å². The van der Waals surface area contributed by atoms with E-state index in [1.54, 1.807) is 18.2 Å². The predicted octanol–water partition coefficient (Wildman–Crippen LogP) is 1.73. The Morgan fingerprint density at radius 3 is 3.08 bits per heavy atom. The molecule has 1 aromatic rings. The van der Waals surface area contributed by atoms with E-state index in [1.165, 1.54) is 0 Å². The Kier molecular flexibility index (Phi) is 1.34. The molecule has 0 spiro atoms. The van der Waals surface area contributed by atoms with Crippen LogP contribution in [0.1, 0.15) is 5.56 Å². The first-order valence-electron chi connectivity index (χ1n) is 3.60. The van der Waals surface area contributed by atoms with Crippen molar-refractivity contribution >= 4 is 17.3 Å². The molecular formula is C9H6N2O. The number of carbonyl (C=O) groups is 1. The van der Waals surface area contributed by atoms with Crippen molar-refractivity contribution in [1.82, 2.24) is 0 Å². The summed E-state index contributed by atoms with van der Waals surface area (Å²) in [5.74, 6) is 0.00660. The minimum Gasteiger partial charge on any atom is -0.326 e. The third kappa shape index (κ3) is 0.940. The van der Waals surface area contributed by atoms with Crippen molar-refractivity contribution < 1.29 is 4.79 Å². The van der Waals surface area contributed by atoms with Gasteiger partial charge in [-0.05, 0) is 11.6 Å². The lowest BCUT2D eigenvalue weighted by Crippen LogP contribution is -2.03. The Morgan fingerprint density at radius 2 is 2.33 bits per heavy atom. The SMILES string of the molecule is [C-]#[N+]c1ccc2c(c1)CC(=O)N2. The second-order valence-electron chi connectivity index (χ2n) is 2.68. The van der Waals surface area contributed by atoms with E-state index < -0.39 is 0 Å². The summed E-state index contributed by atoms with van der Waals surface area (Å²) in [5, 5.41) is 2.71. The molecule has 2 rings (SSSR count). The third-order valence-electron chi connectivity index (χ3n) is 1.84. The number of hydrogen-bond donors (Lipinski definition) is 1. The highest BCUT2D eigenvalue weighted by Gasteiger charge is 2.16. The van der Waals surface area contributed by atoms with Crippen LogP contribution >= 0.6 is 0 Å². The molecule has 1 amide bonds. The van der Waals surface area contributed by atoms with Crippen LogP contribution in [-0.4, -0.2) is 5.91 Å². The van der Waals surface area contributed by atoms with Gasteiger partial charge in [0.1, 0.15) is 0 Å². The van der Waals surface area contributed by atoms with Crippen molar-refractivity contribution in [3.05, 3.63) is 35.2 Å². The minimum absolute atomic E-state index is 0.00660. The molecule has 12 heavy (non-hydrogen) atoms. The Morgan fingerprint density at radius 1 is 1.50 bits per heavy atom. The van der Waals surface area contributed by atoms with Crippen LogP contribution in [0.15, 0.2) is 18.2 Å². The average Bonchev–Trinajstić information content (AvgIpc) is 2.43. The molecule has 3 heteroatoms. The van der Waals surface area contributed by atoms with Crippen molar-refractivity contribution in [3.63, 3.8) is 0 Å². The van der Waals surface area contributed by atoms with E-state index in [-0.39, 0.29) is 5.91 Å². The first-order chi connectivity index (χ1) is 5.79. The molecule has 58 valence electrons. The van der Waals surface area contributed by atoms with Crippen LogP contribution in [0.2, 0.25) is 0 Å². The average molecular weight is 158 g/mol. The standard InChI is InChI=1S/C9H6N2O/c1-10-7-2-3-8-6(4-7)5-9(12)11-8/h2-4H,5H2,(H,11,12). The van der Waals surface area contributed by atoms with Gasteiger partial charge in [0.15, 0.2) is 5.69 Å². The van der Waals surface area contributed by atoms with Gasteiger partial charge < -0.3 is 5.32 Å². The fourth-order valence-corrected chi connectivity index (χ4v) is 1.29. The maximum atomic E-state index is 10.9. The van der Waals surface area contributed by atoms with Gasteiger partial charge in [-0.15, -0.1) is 0 Å². The maximum Gasteiger partial charge on any atom is 0.228 e. The molecule has 0 fully saturated rings. The molecule has 0 saturated heterocycles. The lowest BCUT2D eigenvalue weighted by atomic mass is 10.1. The van der Waals surface area contributed by atoms with Crippen molar-refractivity contribution in [2.75, 3.05) is 5.32 Å². The number of amides is 1. The lowest BCUT2D eigenvalue weighted by Gasteiger charge is -1.96. The van der Waals surface area contributed by atoms with E-state index in [9.17, 15) is 4.79 Å². The van der Waals surface area contributed by atoms with Crippen LogP contribution in [0.25, 0.3) is 4.85 Å². The molecule has 1 aliphatic heterocycles. The summed E-state index contributed by atoms with van der Waals surface area (Å²) >= 11 is 0. The number of nitrogens with zero attached hydrogens (tertiary/aromatic N) is 1. The summed E-state index contributed by atoms with van der Waals surface area (Å²) in [6.45, 7) is 6.78. The van der Waals surface area contributed by atoms with Crippen molar-refractivity contribution in [2.24, 2.45) is 0 Å². The number of fused-ring (bicyclic) bond motifs is 1. The quantitative estimate of drug-likeness (QED) is 0.573. The van der Waals surface area contributed by atoms with Crippen molar-refractivity contribution in [3.8, 4) is 0 Å². The van der Waals surface area contributed by atoms with Gasteiger partial charge >= 0.3 is 0 Å². The molecule has 0 unspecified atom stereocenters. The van der Waals surface area contributed by atoms with Gasteiger partial charge in [-0.3, -0.25) is 4.79 Å². The first-order valence-corrected chi connectivity index (χ1v) is 3.60. The van der Waals surface area contributed by atoms with Crippen molar-refractivity contribution in [1.29, 1.82) is 0 Å². The molecular weight excluding hydrogens is 152 g/mol. The van der Waals surface area contributed by atoms with Gasteiger partial charge in [0, 0.05) is 5.69 Å². The Labute approximate surface area is 69.8 Å². The summed E-state index contributed by atoms with van der Waals surface area (Å²) in [5.41, 5.74) is 2.35. The van der Waals surface area contributed by atoms with E-state index in [4.69, 9.17) is 6.57 Å². The maximum absolute atomic E-state index is 10.9. The van der Waals surface area contributed by atoms with Crippen LogP contribution in [0.3, 0.4) is 0 Å². The van der Waals surface area contributed by atoms with Crippen LogP contribution in [0.5, 0.6) is 0 Å². The summed E-state index contributed by atoms with van der Waals surface area (Å²) in [6.07, 6.45) is 0.401. The Hall–Kier alpha value is -1.82. The molecule has 1 aliphatic rings. The number of rotatable bonds is 0. The zero-order chi connectivity index (χ0) is 8.55. The molecule has 3 nitrogen and oxygen atoms in total. The molecule has 1 N–H and O–H groups in total. The number of nitrogens with one attached hydrogen (secondary N) is 1. The zero-order valence-corrected chi connectivity index (χ0v) is 6.29. The number of hydrogen-bond acceptors (Lipinski definition) is 1. The molecule has 0 radical (unpaired) electrons. The van der Waals surface area contributed by atoms with Gasteiger partial charge in [0.05, 0.1) is 13.0 Å². The number of carbonyl (C=O) groups excluding carboxylic acids is 1. The van der Waals surface area contributed by atoms with Gasteiger partial charge in [-0.1, -0.05) is 12.1 Å². The summed E-state index contributed by atoms with van der Waals surface area (Å²) < 4.78 is 0. The summed E-state index contributed by atoms with van der Waals surface area (Å²) in [4.78, 5) is 14.2. The highest BCUT2D eigenvalue weighted by Crippen LogP contribution is 2.26. The van der Waals surface area contributed by atoms with Crippen LogP contribution in [-0.2, 0) is 11.2 Å². The predicted molar refractivity (Wildman–Crippen MR) is 45.0 cm³/mol. The molecule has 0 saturated carbocycles. The Balaban J connectivity index is 2.50. The van der Waals surface area contributed by atoms with E-state index in [0.717, 1.165) is 11.3 Å². The largest absolute Gasteiger partial charge is 0.326 e. The first kappa shape index (κ1) is 6.86. The van der Waals surface area contributed by atoms with Gasteiger partial charge in [-0.25, -0.2) is 4.85 Å². The second-order valence-corrected chi connectivity index (χ2v) is 2.68. The third-order valence-corrected chi connectivity index (χ3v) is 1.84. The van der Waals surface area contributed by atoms with Crippen LogP contribution in [0.4, 0.5) is 11.4 Å². The fraction of sp³-hybridized carbons (Fsp3) is 0.111. The van der Waals surface area contributed by atoms with E-state index in [2.05, 4.69) is 10.2 Å². The highest BCUT2D eigenvalue weighted by atomic mass is 16.1. The Bertz CT molecular complexity index is 390. The van der Waals surface area contributed by atoms with Crippen molar-refractivity contribution in [2.45, 2.75) is 6.42 Å². The molecule has 0 atom stereocenters. The molecule has 1 aromatic carbocycles. The second kappa shape index (κ2) is 2.35.